The molecule has 0 spiro atoms. The van der Waals surface area contributed by atoms with E-state index in [9.17, 15) is 9.59 Å². The van der Waals surface area contributed by atoms with E-state index in [1.807, 2.05) is 44.2 Å². The fourth-order valence-corrected chi connectivity index (χ4v) is 4.65. The summed E-state index contributed by atoms with van der Waals surface area (Å²) in [6.07, 6.45) is -0.700. The van der Waals surface area contributed by atoms with Gasteiger partial charge in [-0.25, -0.2) is 14.8 Å². The molecule has 0 saturated carbocycles. The first kappa shape index (κ1) is 18.5. The molecule has 3 aromatic heterocycles. The molecule has 0 unspecified atom stereocenters. The maximum absolute atomic E-state index is 12.5. The molecule has 0 aliphatic heterocycles. The Hall–Kier alpha value is -2.84. The minimum absolute atomic E-state index is 0.218. The standard InChI is InChI=1S/C20H17N3O3S2/c1-10-12(3)28-19-15(10)17(24)22-16(23-19)11(2)26-20(25)14-9-27-18(21-14)13-7-5-4-6-8-13/h4-9,11H,1-3H3,(H,22,23,24)/t11-/m0/s1. The molecule has 1 aromatic carbocycles. The zero-order chi connectivity index (χ0) is 19.8. The van der Waals surface area contributed by atoms with Crippen molar-refractivity contribution >= 4 is 38.9 Å². The van der Waals surface area contributed by atoms with Crippen molar-refractivity contribution in [3.05, 3.63) is 68.0 Å². The molecule has 4 rings (SSSR count). The number of ether oxygens (including phenoxy) is 1. The molecule has 142 valence electrons. The number of esters is 1. The second kappa shape index (κ2) is 7.29. The maximum Gasteiger partial charge on any atom is 0.358 e. The van der Waals surface area contributed by atoms with Crippen LogP contribution in [0.4, 0.5) is 0 Å². The van der Waals surface area contributed by atoms with Crippen molar-refractivity contribution in [3.8, 4) is 10.6 Å². The number of nitrogens with zero attached hydrogens (tertiary/aromatic N) is 2. The molecule has 0 bridgehead atoms. The monoisotopic (exact) mass is 411 g/mol. The average molecular weight is 412 g/mol. The van der Waals surface area contributed by atoms with E-state index >= 15 is 0 Å². The molecule has 3 heterocycles. The van der Waals surface area contributed by atoms with Crippen molar-refractivity contribution in [2.24, 2.45) is 0 Å². The molecule has 1 N–H and O–H groups in total. The lowest BCUT2D eigenvalue weighted by molar-refractivity contribution is 0.0314. The van der Waals surface area contributed by atoms with Crippen LogP contribution in [0.15, 0.2) is 40.5 Å². The SMILES string of the molecule is Cc1sc2nc([C@H](C)OC(=O)c3csc(-c4ccccc4)n3)[nH]c(=O)c2c1C. The Morgan fingerprint density at radius 2 is 1.93 bits per heavy atom. The fraction of sp³-hybridized carbons (Fsp3) is 0.200. The van der Waals surface area contributed by atoms with Crippen LogP contribution >= 0.6 is 22.7 Å². The molecule has 0 aliphatic rings. The molecular weight excluding hydrogens is 394 g/mol. The number of rotatable bonds is 4. The quantitative estimate of drug-likeness (QED) is 0.494. The maximum atomic E-state index is 12.5. The van der Waals surface area contributed by atoms with Crippen LogP contribution in [-0.4, -0.2) is 20.9 Å². The number of aryl methyl sites for hydroxylation is 2. The van der Waals surface area contributed by atoms with E-state index in [0.717, 1.165) is 21.0 Å². The summed E-state index contributed by atoms with van der Waals surface area (Å²) in [5, 5.41) is 3.01. The van der Waals surface area contributed by atoms with Gasteiger partial charge in [0.25, 0.3) is 5.56 Å². The van der Waals surface area contributed by atoms with Gasteiger partial charge in [-0.05, 0) is 26.3 Å². The summed E-state index contributed by atoms with van der Waals surface area (Å²) in [7, 11) is 0. The van der Waals surface area contributed by atoms with Gasteiger partial charge in [0.05, 0.1) is 5.39 Å². The third-order valence-electron chi connectivity index (χ3n) is 4.46. The van der Waals surface area contributed by atoms with E-state index in [4.69, 9.17) is 4.74 Å². The third-order valence-corrected chi connectivity index (χ3v) is 6.45. The van der Waals surface area contributed by atoms with Crippen LogP contribution in [0.3, 0.4) is 0 Å². The van der Waals surface area contributed by atoms with Crippen LogP contribution in [0.5, 0.6) is 0 Å². The first-order valence-electron chi connectivity index (χ1n) is 8.66. The molecule has 0 saturated heterocycles. The van der Waals surface area contributed by atoms with Gasteiger partial charge in [-0.3, -0.25) is 4.79 Å². The minimum atomic E-state index is -0.700. The van der Waals surface area contributed by atoms with Crippen molar-refractivity contribution in [2.45, 2.75) is 26.9 Å². The fourth-order valence-electron chi connectivity index (χ4n) is 2.82. The van der Waals surface area contributed by atoms with Crippen LogP contribution in [0.25, 0.3) is 20.8 Å². The number of H-pyrrole nitrogens is 1. The van der Waals surface area contributed by atoms with Gasteiger partial charge in [-0.2, -0.15) is 0 Å². The summed E-state index contributed by atoms with van der Waals surface area (Å²) >= 11 is 2.84. The van der Waals surface area contributed by atoms with Crippen molar-refractivity contribution in [3.63, 3.8) is 0 Å². The number of thiophene rings is 1. The number of aromatic amines is 1. The number of hydrogen-bond donors (Lipinski definition) is 1. The van der Waals surface area contributed by atoms with Gasteiger partial charge < -0.3 is 9.72 Å². The van der Waals surface area contributed by atoms with Gasteiger partial charge in [0.15, 0.2) is 17.6 Å². The summed E-state index contributed by atoms with van der Waals surface area (Å²) in [5.74, 6) is -0.224. The van der Waals surface area contributed by atoms with Gasteiger partial charge in [-0.15, -0.1) is 22.7 Å². The van der Waals surface area contributed by atoms with Crippen LogP contribution in [0.2, 0.25) is 0 Å². The number of benzene rings is 1. The Kier molecular flexibility index (Phi) is 4.82. The lowest BCUT2D eigenvalue weighted by Crippen LogP contribution is -2.17. The predicted octanol–water partition coefficient (Wildman–Crippen LogP) is 4.64. The molecule has 0 radical (unpaired) electrons. The Morgan fingerprint density at radius 1 is 1.18 bits per heavy atom. The van der Waals surface area contributed by atoms with E-state index in [1.54, 1.807) is 12.3 Å². The van der Waals surface area contributed by atoms with Gasteiger partial charge in [0, 0.05) is 15.8 Å². The van der Waals surface area contributed by atoms with Gasteiger partial charge in [0.1, 0.15) is 9.84 Å². The van der Waals surface area contributed by atoms with Gasteiger partial charge in [-0.1, -0.05) is 30.3 Å². The molecule has 1 atom stereocenters. The van der Waals surface area contributed by atoms with E-state index in [-0.39, 0.29) is 11.3 Å². The van der Waals surface area contributed by atoms with Gasteiger partial charge in [0.2, 0.25) is 0 Å². The second-order valence-corrected chi connectivity index (χ2v) is 8.43. The highest BCUT2D eigenvalue weighted by molar-refractivity contribution is 7.18. The normalized spacial score (nSPS) is 12.2. The second-order valence-electron chi connectivity index (χ2n) is 6.37. The largest absolute Gasteiger partial charge is 0.450 e. The van der Waals surface area contributed by atoms with Crippen molar-refractivity contribution < 1.29 is 9.53 Å². The van der Waals surface area contributed by atoms with Gasteiger partial charge >= 0.3 is 5.97 Å². The summed E-state index contributed by atoms with van der Waals surface area (Å²) in [6, 6.07) is 9.64. The lowest BCUT2D eigenvalue weighted by atomic mass is 10.2. The summed E-state index contributed by atoms with van der Waals surface area (Å²) in [6.45, 7) is 5.54. The van der Waals surface area contributed by atoms with Crippen molar-refractivity contribution in [1.82, 2.24) is 15.0 Å². The number of hydrogen-bond acceptors (Lipinski definition) is 7. The molecule has 4 aromatic rings. The number of nitrogens with one attached hydrogen (secondary N) is 1. The summed E-state index contributed by atoms with van der Waals surface area (Å²) in [4.78, 5) is 38.2. The number of thiazole rings is 1. The highest BCUT2D eigenvalue weighted by atomic mass is 32.1. The number of fused-ring (bicyclic) bond motifs is 1. The molecule has 0 aliphatic carbocycles. The topological polar surface area (TPSA) is 84.9 Å². The van der Waals surface area contributed by atoms with Crippen LogP contribution in [0, 0.1) is 13.8 Å². The first-order chi connectivity index (χ1) is 13.4. The van der Waals surface area contributed by atoms with Crippen molar-refractivity contribution in [2.75, 3.05) is 0 Å². The molecule has 6 nitrogen and oxygen atoms in total. The Labute approximate surface area is 168 Å². The highest BCUT2D eigenvalue weighted by Gasteiger charge is 2.20. The molecule has 0 amide bonds. The van der Waals surface area contributed by atoms with E-state index in [2.05, 4.69) is 15.0 Å². The Bertz CT molecular complexity index is 1220. The zero-order valence-electron chi connectivity index (χ0n) is 15.5. The van der Waals surface area contributed by atoms with Crippen molar-refractivity contribution in [1.29, 1.82) is 0 Å². The minimum Gasteiger partial charge on any atom is -0.450 e. The highest BCUT2D eigenvalue weighted by Crippen LogP contribution is 2.28. The smallest absolute Gasteiger partial charge is 0.358 e. The van der Waals surface area contributed by atoms with E-state index in [1.165, 1.54) is 22.7 Å². The summed E-state index contributed by atoms with van der Waals surface area (Å²) < 4.78 is 5.49. The van der Waals surface area contributed by atoms with E-state index in [0.29, 0.717) is 16.0 Å². The molecule has 8 heteroatoms. The molecule has 0 fully saturated rings. The summed E-state index contributed by atoms with van der Waals surface area (Å²) in [5.41, 5.74) is 1.90. The van der Waals surface area contributed by atoms with E-state index < -0.39 is 12.1 Å². The first-order valence-corrected chi connectivity index (χ1v) is 10.4. The van der Waals surface area contributed by atoms with Crippen LogP contribution < -0.4 is 5.56 Å². The number of carbonyl (C=O) groups is 1. The Balaban J connectivity index is 1.56. The number of aromatic nitrogens is 3. The zero-order valence-corrected chi connectivity index (χ0v) is 17.1. The Morgan fingerprint density at radius 3 is 2.68 bits per heavy atom. The average Bonchev–Trinajstić information content (AvgIpc) is 3.28. The third kappa shape index (κ3) is 3.36. The van der Waals surface area contributed by atoms with Crippen LogP contribution in [-0.2, 0) is 4.74 Å². The number of carbonyl (C=O) groups excluding carboxylic acids is 1. The predicted molar refractivity (Wildman–Crippen MR) is 111 cm³/mol. The van der Waals surface area contributed by atoms with Crippen LogP contribution in [0.1, 0.15) is 39.8 Å². The lowest BCUT2D eigenvalue weighted by Gasteiger charge is -2.11. The molecule has 28 heavy (non-hydrogen) atoms. The molecular formula is C20H17N3O3S2.